The molecule has 3 rings (SSSR count). The lowest BCUT2D eigenvalue weighted by atomic mass is 9.86. The SMILES string of the molecule is Cc1nn(C)c(C)c1CCC(=O)N1CC[C@H](N2CCOCC2)[C@H](CCCO)C1. The molecule has 2 fully saturated rings. The number of aromatic nitrogens is 2. The number of aryl methyl sites for hydroxylation is 2. The minimum absolute atomic E-state index is 0.222. The van der Waals surface area contributed by atoms with Crippen LogP contribution in [0.25, 0.3) is 0 Å². The predicted molar refractivity (Wildman–Crippen MR) is 108 cm³/mol. The molecule has 2 aliphatic heterocycles. The zero-order valence-corrected chi connectivity index (χ0v) is 17.7. The highest BCUT2D eigenvalue weighted by Gasteiger charge is 2.35. The highest BCUT2D eigenvalue weighted by Crippen LogP contribution is 2.27. The van der Waals surface area contributed by atoms with Gasteiger partial charge in [-0.15, -0.1) is 0 Å². The van der Waals surface area contributed by atoms with Gasteiger partial charge in [-0.25, -0.2) is 0 Å². The molecule has 2 atom stereocenters. The van der Waals surface area contributed by atoms with E-state index in [9.17, 15) is 9.90 Å². The van der Waals surface area contributed by atoms with E-state index >= 15 is 0 Å². The molecule has 1 aromatic rings. The first-order valence-electron chi connectivity index (χ1n) is 10.7. The van der Waals surface area contributed by atoms with E-state index in [4.69, 9.17) is 4.74 Å². The van der Waals surface area contributed by atoms with Crippen LogP contribution in [-0.2, 0) is 23.0 Å². The third-order valence-electron chi connectivity index (χ3n) is 6.54. The fraction of sp³-hybridized carbons (Fsp3) is 0.810. The third kappa shape index (κ3) is 4.93. The Balaban J connectivity index is 1.58. The van der Waals surface area contributed by atoms with E-state index in [0.717, 1.165) is 76.5 Å². The van der Waals surface area contributed by atoms with Gasteiger partial charge < -0.3 is 14.7 Å². The lowest BCUT2D eigenvalue weighted by Gasteiger charge is -2.45. The first-order chi connectivity index (χ1) is 13.5. The number of likely N-dealkylation sites (tertiary alicyclic amines) is 1. The second-order valence-corrected chi connectivity index (χ2v) is 8.24. The Morgan fingerprint density at radius 1 is 1.25 bits per heavy atom. The summed E-state index contributed by atoms with van der Waals surface area (Å²) in [5.41, 5.74) is 3.38. The maximum Gasteiger partial charge on any atom is 0.222 e. The molecule has 0 unspecified atom stereocenters. The van der Waals surface area contributed by atoms with Crippen LogP contribution in [-0.4, -0.2) is 82.6 Å². The standard InChI is InChI=1S/C21H36N4O3/c1-16-19(17(2)23(3)22-16)6-7-21(27)25-9-8-20(18(15-25)5-4-12-26)24-10-13-28-14-11-24/h18,20,26H,4-15H2,1-3H3/t18-,20+/m1/s1. The maximum absolute atomic E-state index is 12.9. The van der Waals surface area contributed by atoms with Gasteiger partial charge in [-0.3, -0.25) is 14.4 Å². The van der Waals surface area contributed by atoms with Gasteiger partial charge in [0.15, 0.2) is 0 Å². The van der Waals surface area contributed by atoms with Gasteiger partial charge in [0.05, 0.1) is 18.9 Å². The number of aliphatic hydroxyl groups excluding tert-OH is 1. The summed E-state index contributed by atoms with van der Waals surface area (Å²) in [6.45, 7) is 9.52. The van der Waals surface area contributed by atoms with Gasteiger partial charge in [0.1, 0.15) is 0 Å². The zero-order valence-electron chi connectivity index (χ0n) is 17.7. The van der Waals surface area contributed by atoms with Gasteiger partial charge in [0.2, 0.25) is 5.91 Å². The molecule has 2 saturated heterocycles. The number of nitrogens with zero attached hydrogens (tertiary/aromatic N) is 4. The maximum atomic E-state index is 12.9. The fourth-order valence-corrected chi connectivity index (χ4v) is 4.84. The molecule has 0 aromatic carbocycles. The summed E-state index contributed by atoms with van der Waals surface area (Å²) >= 11 is 0. The lowest BCUT2D eigenvalue weighted by Crippen LogP contribution is -2.55. The summed E-state index contributed by atoms with van der Waals surface area (Å²) in [7, 11) is 1.95. The van der Waals surface area contributed by atoms with Crippen molar-refractivity contribution in [2.24, 2.45) is 13.0 Å². The van der Waals surface area contributed by atoms with Crippen molar-refractivity contribution >= 4 is 5.91 Å². The molecule has 3 heterocycles. The molecule has 0 radical (unpaired) electrons. The van der Waals surface area contributed by atoms with E-state index in [1.807, 2.05) is 18.7 Å². The Bertz CT molecular complexity index is 654. The highest BCUT2D eigenvalue weighted by molar-refractivity contribution is 5.76. The van der Waals surface area contributed by atoms with Gasteiger partial charge >= 0.3 is 0 Å². The van der Waals surface area contributed by atoms with Crippen molar-refractivity contribution in [3.8, 4) is 0 Å². The van der Waals surface area contributed by atoms with E-state index < -0.39 is 0 Å². The number of piperidine rings is 1. The number of amides is 1. The summed E-state index contributed by atoms with van der Waals surface area (Å²) < 4.78 is 7.40. The summed E-state index contributed by atoms with van der Waals surface area (Å²) in [5.74, 6) is 0.682. The number of hydrogen-bond acceptors (Lipinski definition) is 5. The summed E-state index contributed by atoms with van der Waals surface area (Å²) in [5, 5.41) is 13.8. The van der Waals surface area contributed by atoms with E-state index in [-0.39, 0.29) is 12.5 Å². The van der Waals surface area contributed by atoms with Crippen LogP contribution in [0, 0.1) is 19.8 Å². The molecule has 0 saturated carbocycles. The topological polar surface area (TPSA) is 70.8 Å². The monoisotopic (exact) mass is 392 g/mol. The number of carbonyl (C=O) groups excluding carboxylic acids is 1. The van der Waals surface area contributed by atoms with Gasteiger partial charge in [-0.05, 0) is 51.0 Å². The first kappa shape index (κ1) is 21.3. The Labute approximate surface area is 168 Å². The smallest absolute Gasteiger partial charge is 0.222 e. The second kappa shape index (κ2) is 9.85. The van der Waals surface area contributed by atoms with Crippen LogP contribution >= 0.6 is 0 Å². The predicted octanol–water partition coefficient (Wildman–Crippen LogP) is 1.29. The zero-order chi connectivity index (χ0) is 20.1. The van der Waals surface area contributed by atoms with Gasteiger partial charge in [0.25, 0.3) is 0 Å². The molecule has 0 bridgehead atoms. The molecule has 7 heteroatoms. The van der Waals surface area contributed by atoms with Crippen LogP contribution in [0.2, 0.25) is 0 Å². The van der Waals surface area contributed by atoms with Crippen molar-refractivity contribution in [1.82, 2.24) is 19.6 Å². The van der Waals surface area contributed by atoms with E-state index in [1.165, 1.54) is 5.56 Å². The van der Waals surface area contributed by atoms with Gasteiger partial charge in [-0.1, -0.05) is 0 Å². The quantitative estimate of drug-likeness (QED) is 0.757. The molecule has 1 N–H and O–H groups in total. The Hall–Kier alpha value is -1.44. The highest BCUT2D eigenvalue weighted by atomic mass is 16.5. The van der Waals surface area contributed by atoms with Crippen LogP contribution in [0.3, 0.4) is 0 Å². The largest absolute Gasteiger partial charge is 0.396 e. The molecule has 0 spiro atoms. The Morgan fingerprint density at radius 3 is 2.64 bits per heavy atom. The molecular formula is C21H36N4O3. The van der Waals surface area contributed by atoms with Crippen LogP contribution in [0.15, 0.2) is 0 Å². The van der Waals surface area contributed by atoms with Crippen LogP contribution in [0.4, 0.5) is 0 Å². The Kier molecular flexibility index (Phi) is 7.48. The molecular weight excluding hydrogens is 356 g/mol. The molecule has 1 aromatic heterocycles. The number of rotatable bonds is 7. The number of morpholine rings is 1. The van der Waals surface area contributed by atoms with Crippen molar-refractivity contribution in [3.63, 3.8) is 0 Å². The number of hydrogen-bond donors (Lipinski definition) is 1. The average molecular weight is 393 g/mol. The summed E-state index contributed by atoms with van der Waals surface area (Å²) in [4.78, 5) is 17.5. The molecule has 1 amide bonds. The Morgan fingerprint density at radius 2 is 2.00 bits per heavy atom. The van der Waals surface area contributed by atoms with Crippen molar-refractivity contribution < 1.29 is 14.6 Å². The average Bonchev–Trinajstić information content (AvgIpc) is 2.96. The van der Waals surface area contributed by atoms with E-state index in [1.54, 1.807) is 0 Å². The number of carbonyl (C=O) groups is 1. The normalized spacial score (nSPS) is 23.9. The van der Waals surface area contributed by atoms with Crippen molar-refractivity contribution in [1.29, 1.82) is 0 Å². The fourth-order valence-electron chi connectivity index (χ4n) is 4.84. The van der Waals surface area contributed by atoms with Crippen molar-refractivity contribution in [3.05, 3.63) is 17.0 Å². The third-order valence-corrected chi connectivity index (χ3v) is 6.54. The number of ether oxygens (including phenoxy) is 1. The van der Waals surface area contributed by atoms with Crippen LogP contribution in [0.1, 0.15) is 42.6 Å². The number of aliphatic hydroxyl groups is 1. The van der Waals surface area contributed by atoms with Crippen molar-refractivity contribution in [2.45, 2.75) is 52.0 Å². The molecule has 7 nitrogen and oxygen atoms in total. The van der Waals surface area contributed by atoms with Gasteiger partial charge in [-0.2, -0.15) is 5.10 Å². The first-order valence-corrected chi connectivity index (χ1v) is 10.7. The van der Waals surface area contributed by atoms with Crippen LogP contribution < -0.4 is 0 Å². The summed E-state index contributed by atoms with van der Waals surface area (Å²) in [6.07, 6.45) is 4.11. The van der Waals surface area contributed by atoms with E-state index in [0.29, 0.717) is 18.4 Å². The molecule has 158 valence electrons. The molecule has 28 heavy (non-hydrogen) atoms. The van der Waals surface area contributed by atoms with Gasteiger partial charge in [0, 0.05) is 58.0 Å². The van der Waals surface area contributed by atoms with E-state index in [2.05, 4.69) is 21.8 Å². The molecule has 2 aliphatic rings. The van der Waals surface area contributed by atoms with Crippen molar-refractivity contribution in [2.75, 3.05) is 46.0 Å². The van der Waals surface area contributed by atoms with Crippen LogP contribution in [0.5, 0.6) is 0 Å². The second-order valence-electron chi connectivity index (χ2n) is 8.24. The minimum Gasteiger partial charge on any atom is -0.396 e. The molecule has 0 aliphatic carbocycles. The summed E-state index contributed by atoms with van der Waals surface area (Å²) in [6, 6.07) is 0.502. The lowest BCUT2D eigenvalue weighted by molar-refractivity contribution is -0.134. The minimum atomic E-state index is 0.222.